The van der Waals surface area contributed by atoms with E-state index in [1.54, 1.807) is 0 Å². The van der Waals surface area contributed by atoms with Gasteiger partial charge in [-0.3, -0.25) is 0 Å². The van der Waals surface area contributed by atoms with Gasteiger partial charge in [0.05, 0.1) is 0 Å². The number of hydrogen-bond donors (Lipinski definition) is 1. The Hall–Kier alpha value is -0.271. The van der Waals surface area contributed by atoms with Crippen molar-refractivity contribution in [3.05, 3.63) is 40.3 Å². The van der Waals surface area contributed by atoms with Gasteiger partial charge >= 0.3 is 109 Å². The van der Waals surface area contributed by atoms with E-state index in [0.717, 1.165) is 17.9 Å². The molecule has 16 heavy (non-hydrogen) atoms. The second-order valence-corrected chi connectivity index (χ2v) is 6.31. The fourth-order valence-electron chi connectivity index (χ4n) is 1.25. The van der Waals surface area contributed by atoms with Gasteiger partial charge in [-0.25, -0.2) is 0 Å². The van der Waals surface area contributed by atoms with E-state index in [-0.39, 0.29) is 5.54 Å². The van der Waals surface area contributed by atoms with E-state index in [2.05, 4.69) is 37.0 Å². The Kier molecular flexibility index (Phi) is 5.57. The maximum atomic E-state index is 6.19. The van der Waals surface area contributed by atoms with Crippen LogP contribution in [-0.4, -0.2) is 20.5 Å². The van der Waals surface area contributed by atoms with E-state index < -0.39 is 0 Å². The molecular formula is C13H18ClNSe. The van der Waals surface area contributed by atoms with Crippen molar-refractivity contribution in [3.8, 4) is 0 Å². The van der Waals surface area contributed by atoms with Gasteiger partial charge in [-0.05, 0) is 0 Å². The van der Waals surface area contributed by atoms with Crippen LogP contribution in [0.2, 0.25) is 5.02 Å². The average Bonchev–Trinajstić information content (AvgIpc) is 2.31. The van der Waals surface area contributed by atoms with Gasteiger partial charge in [0, 0.05) is 0 Å². The predicted octanol–water partition coefficient (Wildman–Crippen LogP) is 2.70. The van der Waals surface area contributed by atoms with Gasteiger partial charge in [0.25, 0.3) is 0 Å². The number of rotatable bonds is 5. The normalized spacial score (nSPS) is 12.2. The van der Waals surface area contributed by atoms with Crippen LogP contribution >= 0.6 is 11.6 Å². The molecule has 0 fully saturated rings. The Morgan fingerprint density at radius 2 is 1.81 bits per heavy atom. The van der Waals surface area contributed by atoms with Crippen LogP contribution in [0.3, 0.4) is 0 Å². The topological polar surface area (TPSA) is 26.0 Å². The van der Waals surface area contributed by atoms with Crippen molar-refractivity contribution < 1.29 is 0 Å². The summed E-state index contributed by atoms with van der Waals surface area (Å²) in [6.45, 7) is 4.26. The zero-order chi connectivity index (χ0) is 12.0. The fourth-order valence-corrected chi connectivity index (χ4v) is 3.03. The molecule has 0 aliphatic rings. The number of benzene rings is 1. The van der Waals surface area contributed by atoms with Crippen LogP contribution in [-0.2, 0) is 0 Å². The molecule has 0 heterocycles. The summed E-state index contributed by atoms with van der Waals surface area (Å²) in [6.07, 6.45) is 4.12. The molecule has 1 aromatic carbocycles. The second kappa shape index (κ2) is 6.46. The standard InChI is InChI=1S/C13H18ClNSe/c1-3-13(15,4-2)9-10-16-12-7-5-11(14)6-8-12/h5-10H,3-4,15H2,1-2H3/b10-9+. The Bertz CT molecular complexity index is 341. The van der Waals surface area contributed by atoms with Crippen LogP contribution in [0.1, 0.15) is 26.7 Å². The van der Waals surface area contributed by atoms with Crippen LogP contribution < -0.4 is 10.2 Å². The van der Waals surface area contributed by atoms with Crippen molar-refractivity contribution in [2.75, 3.05) is 0 Å². The quantitative estimate of drug-likeness (QED) is 0.832. The van der Waals surface area contributed by atoms with Crippen LogP contribution in [0, 0.1) is 0 Å². The summed E-state index contributed by atoms with van der Waals surface area (Å²) in [5.41, 5.74) is 6.06. The first-order chi connectivity index (χ1) is 7.59. The molecule has 0 atom stereocenters. The van der Waals surface area contributed by atoms with Gasteiger partial charge < -0.3 is 0 Å². The molecule has 0 amide bonds. The third-order valence-electron chi connectivity index (χ3n) is 2.73. The Balaban J connectivity index is 2.57. The molecule has 0 aliphatic heterocycles. The molecule has 1 aromatic rings. The molecule has 88 valence electrons. The van der Waals surface area contributed by atoms with Gasteiger partial charge in [0.15, 0.2) is 0 Å². The summed E-state index contributed by atoms with van der Waals surface area (Å²) in [4.78, 5) is 2.21. The summed E-state index contributed by atoms with van der Waals surface area (Å²) >= 11 is 6.18. The molecule has 0 aliphatic carbocycles. The van der Waals surface area contributed by atoms with Gasteiger partial charge in [-0.1, -0.05) is 0 Å². The molecule has 0 aromatic heterocycles. The van der Waals surface area contributed by atoms with E-state index in [9.17, 15) is 0 Å². The monoisotopic (exact) mass is 303 g/mol. The maximum absolute atomic E-state index is 6.19. The fraction of sp³-hybridized carbons (Fsp3) is 0.385. The van der Waals surface area contributed by atoms with Gasteiger partial charge in [-0.2, -0.15) is 0 Å². The Morgan fingerprint density at radius 1 is 1.25 bits per heavy atom. The van der Waals surface area contributed by atoms with Crippen LogP contribution in [0.15, 0.2) is 35.3 Å². The molecular weight excluding hydrogens is 285 g/mol. The molecule has 0 bridgehead atoms. The third-order valence-corrected chi connectivity index (χ3v) is 4.70. The number of nitrogens with two attached hydrogens (primary N) is 1. The van der Waals surface area contributed by atoms with Crippen molar-refractivity contribution >= 4 is 31.0 Å². The van der Waals surface area contributed by atoms with Crippen molar-refractivity contribution in [3.63, 3.8) is 0 Å². The summed E-state index contributed by atoms with van der Waals surface area (Å²) in [6, 6.07) is 8.01. The first-order valence-electron chi connectivity index (χ1n) is 5.48. The first kappa shape index (κ1) is 13.8. The summed E-state index contributed by atoms with van der Waals surface area (Å²) in [5, 5.41) is 0.791. The zero-order valence-corrected chi connectivity index (χ0v) is 12.2. The number of hydrogen-bond acceptors (Lipinski definition) is 1. The van der Waals surface area contributed by atoms with Gasteiger partial charge in [-0.15, -0.1) is 0 Å². The number of halogens is 1. The summed E-state index contributed by atoms with van der Waals surface area (Å²) in [5.74, 6) is 0. The minimum atomic E-state index is -0.131. The molecule has 1 rings (SSSR count). The van der Waals surface area contributed by atoms with E-state index >= 15 is 0 Å². The Morgan fingerprint density at radius 3 is 2.31 bits per heavy atom. The Labute approximate surface area is 109 Å². The average molecular weight is 303 g/mol. The van der Waals surface area contributed by atoms with Crippen LogP contribution in [0.5, 0.6) is 0 Å². The van der Waals surface area contributed by atoms with E-state index in [1.807, 2.05) is 12.1 Å². The first-order valence-corrected chi connectivity index (χ1v) is 7.71. The summed E-state index contributed by atoms with van der Waals surface area (Å²) < 4.78 is 1.32. The molecule has 1 nitrogen and oxygen atoms in total. The minimum absolute atomic E-state index is 0.131. The zero-order valence-electron chi connectivity index (χ0n) is 9.74. The van der Waals surface area contributed by atoms with Gasteiger partial charge in [0.2, 0.25) is 0 Å². The van der Waals surface area contributed by atoms with Crippen molar-refractivity contribution in [2.45, 2.75) is 32.2 Å². The van der Waals surface area contributed by atoms with Crippen molar-refractivity contribution in [1.29, 1.82) is 0 Å². The molecule has 3 heteroatoms. The second-order valence-electron chi connectivity index (χ2n) is 3.81. The van der Waals surface area contributed by atoms with E-state index in [4.69, 9.17) is 17.3 Å². The van der Waals surface area contributed by atoms with E-state index in [1.165, 1.54) is 4.46 Å². The predicted molar refractivity (Wildman–Crippen MR) is 73.5 cm³/mol. The molecule has 0 unspecified atom stereocenters. The SMILES string of the molecule is CCC(N)(/C=C/[Se]c1ccc(Cl)cc1)CC. The van der Waals surface area contributed by atoms with Crippen LogP contribution in [0.4, 0.5) is 0 Å². The third kappa shape index (κ3) is 4.31. The van der Waals surface area contributed by atoms with Crippen molar-refractivity contribution in [2.24, 2.45) is 5.73 Å². The van der Waals surface area contributed by atoms with E-state index in [0.29, 0.717) is 15.0 Å². The summed E-state index contributed by atoms with van der Waals surface area (Å²) in [7, 11) is 0. The molecule has 0 saturated carbocycles. The molecule has 0 spiro atoms. The molecule has 2 N–H and O–H groups in total. The van der Waals surface area contributed by atoms with Crippen LogP contribution in [0.25, 0.3) is 0 Å². The van der Waals surface area contributed by atoms with Crippen molar-refractivity contribution in [1.82, 2.24) is 0 Å². The van der Waals surface area contributed by atoms with Gasteiger partial charge in [0.1, 0.15) is 0 Å². The molecule has 0 radical (unpaired) electrons. The molecule has 0 saturated heterocycles.